The molecule has 1 aliphatic heterocycles. The van der Waals surface area contributed by atoms with Crippen LogP contribution in [0.5, 0.6) is 0 Å². The molecule has 0 saturated heterocycles. The molecule has 0 spiro atoms. The third-order valence-corrected chi connectivity index (χ3v) is 3.49. The van der Waals surface area contributed by atoms with Gasteiger partial charge in [-0.2, -0.15) is 0 Å². The fraction of sp³-hybridized carbons (Fsp3) is 0.600. The van der Waals surface area contributed by atoms with Gasteiger partial charge in [-0.25, -0.2) is 0 Å². The molecule has 2 rings (SSSR count). The summed E-state index contributed by atoms with van der Waals surface area (Å²) in [5.41, 5.74) is 2.95. The van der Waals surface area contributed by atoms with Gasteiger partial charge in [0.2, 0.25) is 0 Å². The summed E-state index contributed by atoms with van der Waals surface area (Å²) >= 11 is 0. The second kappa shape index (κ2) is 5.29. The summed E-state index contributed by atoms with van der Waals surface area (Å²) in [4.78, 5) is 4.75. The molecule has 0 aromatic heterocycles. The number of rotatable bonds is 3. The highest BCUT2D eigenvalue weighted by atomic mass is 15.2. The Kier molecular flexibility index (Phi) is 3.93. The van der Waals surface area contributed by atoms with Gasteiger partial charge in [0.15, 0.2) is 0 Å². The van der Waals surface area contributed by atoms with Gasteiger partial charge < -0.3 is 15.1 Å². The number of benzene rings is 1. The van der Waals surface area contributed by atoms with E-state index in [-0.39, 0.29) is 5.54 Å². The van der Waals surface area contributed by atoms with Crippen molar-refractivity contribution in [1.29, 1.82) is 0 Å². The minimum absolute atomic E-state index is 0.158. The van der Waals surface area contributed by atoms with Gasteiger partial charge in [0.1, 0.15) is 0 Å². The van der Waals surface area contributed by atoms with Crippen LogP contribution in [0.2, 0.25) is 0 Å². The monoisotopic (exact) mass is 247 g/mol. The summed E-state index contributed by atoms with van der Waals surface area (Å²) in [5.74, 6) is 0. The van der Waals surface area contributed by atoms with Crippen molar-refractivity contribution in [3.05, 3.63) is 29.8 Å². The Morgan fingerprint density at radius 1 is 1.28 bits per heavy atom. The topological polar surface area (TPSA) is 18.5 Å². The van der Waals surface area contributed by atoms with Crippen LogP contribution in [0, 0.1) is 0 Å². The normalized spacial score (nSPS) is 18.6. The molecular formula is C15H25N3. The molecule has 0 atom stereocenters. The Labute approximate surface area is 111 Å². The lowest BCUT2D eigenvalue weighted by atomic mass is 10.1. The molecule has 100 valence electrons. The van der Waals surface area contributed by atoms with Crippen LogP contribution in [0.25, 0.3) is 0 Å². The SMILES string of the molecule is CN(C)CCN1CC(C)(C)NCc2ccccc21. The zero-order valence-corrected chi connectivity index (χ0v) is 12.0. The lowest BCUT2D eigenvalue weighted by Crippen LogP contribution is -2.48. The van der Waals surface area contributed by atoms with E-state index in [2.05, 4.69) is 67.3 Å². The molecule has 1 aromatic carbocycles. The van der Waals surface area contributed by atoms with Gasteiger partial charge in [-0.15, -0.1) is 0 Å². The first-order valence-electron chi connectivity index (χ1n) is 6.70. The molecule has 3 nitrogen and oxygen atoms in total. The summed E-state index contributed by atoms with van der Waals surface area (Å²) in [6, 6.07) is 8.74. The molecule has 1 N–H and O–H groups in total. The minimum atomic E-state index is 0.158. The molecule has 0 unspecified atom stereocenters. The number of likely N-dealkylation sites (N-methyl/N-ethyl adjacent to an activating group) is 1. The molecule has 0 amide bonds. The third-order valence-electron chi connectivity index (χ3n) is 3.49. The van der Waals surface area contributed by atoms with Crippen LogP contribution in [0.15, 0.2) is 24.3 Å². The maximum absolute atomic E-state index is 3.64. The number of para-hydroxylation sites is 1. The van der Waals surface area contributed by atoms with Crippen molar-refractivity contribution in [2.75, 3.05) is 38.6 Å². The number of nitrogens with zero attached hydrogens (tertiary/aromatic N) is 2. The van der Waals surface area contributed by atoms with Gasteiger partial charge in [0.25, 0.3) is 0 Å². The summed E-state index contributed by atoms with van der Waals surface area (Å²) in [5, 5.41) is 3.64. The Bertz CT molecular complexity index is 398. The molecule has 0 aliphatic carbocycles. The predicted molar refractivity (Wildman–Crippen MR) is 78.1 cm³/mol. The van der Waals surface area contributed by atoms with E-state index in [1.165, 1.54) is 11.3 Å². The van der Waals surface area contributed by atoms with Gasteiger partial charge >= 0.3 is 0 Å². The van der Waals surface area contributed by atoms with Gasteiger partial charge in [-0.05, 0) is 39.6 Å². The zero-order valence-electron chi connectivity index (χ0n) is 12.0. The van der Waals surface area contributed by atoms with E-state index < -0.39 is 0 Å². The fourth-order valence-corrected chi connectivity index (χ4v) is 2.44. The average Bonchev–Trinajstić information content (AvgIpc) is 2.44. The molecule has 0 fully saturated rings. The fourth-order valence-electron chi connectivity index (χ4n) is 2.44. The largest absolute Gasteiger partial charge is 0.368 e. The van der Waals surface area contributed by atoms with Crippen molar-refractivity contribution in [1.82, 2.24) is 10.2 Å². The smallest absolute Gasteiger partial charge is 0.0412 e. The lowest BCUT2D eigenvalue weighted by molar-refractivity contribution is 0.375. The maximum Gasteiger partial charge on any atom is 0.0412 e. The maximum atomic E-state index is 3.64. The summed E-state index contributed by atoms with van der Waals surface area (Å²) < 4.78 is 0. The second-order valence-electron chi connectivity index (χ2n) is 6.09. The Balaban J connectivity index is 2.23. The Morgan fingerprint density at radius 2 is 2.00 bits per heavy atom. The molecule has 1 aliphatic rings. The predicted octanol–water partition coefficient (Wildman–Crippen LogP) is 1.94. The van der Waals surface area contributed by atoms with E-state index in [4.69, 9.17) is 0 Å². The molecular weight excluding hydrogens is 222 g/mol. The summed E-state index contributed by atoms with van der Waals surface area (Å²) in [7, 11) is 4.26. The van der Waals surface area contributed by atoms with Crippen LogP contribution < -0.4 is 10.2 Å². The van der Waals surface area contributed by atoms with Crippen molar-refractivity contribution < 1.29 is 0 Å². The van der Waals surface area contributed by atoms with Crippen molar-refractivity contribution in [3.8, 4) is 0 Å². The van der Waals surface area contributed by atoms with Crippen LogP contribution in [0.4, 0.5) is 5.69 Å². The second-order valence-corrected chi connectivity index (χ2v) is 6.09. The zero-order chi connectivity index (χ0) is 13.2. The Morgan fingerprint density at radius 3 is 2.72 bits per heavy atom. The van der Waals surface area contributed by atoms with Crippen molar-refractivity contribution in [2.45, 2.75) is 25.9 Å². The molecule has 1 aromatic rings. The van der Waals surface area contributed by atoms with Crippen LogP contribution in [0.1, 0.15) is 19.4 Å². The standard InChI is InChI=1S/C15H25N3/c1-15(2)12-18(10-9-17(3)4)14-8-6-5-7-13(14)11-16-15/h5-8,16H,9-12H2,1-4H3. The van der Waals surface area contributed by atoms with Crippen molar-refractivity contribution >= 4 is 5.69 Å². The minimum Gasteiger partial charge on any atom is -0.368 e. The molecule has 0 saturated carbocycles. The number of nitrogens with one attached hydrogen (secondary N) is 1. The van der Waals surface area contributed by atoms with Crippen LogP contribution in [-0.2, 0) is 6.54 Å². The number of fused-ring (bicyclic) bond motifs is 1. The van der Waals surface area contributed by atoms with Gasteiger partial charge in [-0.3, -0.25) is 0 Å². The van der Waals surface area contributed by atoms with E-state index in [0.717, 1.165) is 26.2 Å². The Hall–Kier alpha value is -1.06. The number of hydrogen-bond acceptors (Lipinski definition) is 3. The highest BCUT2D eigenvalue weighted by Crippen LogP contribution is 2.25. The highest BCUT2D eigenvalue weighted by Gasteiger charge is 2.26. The molecule has 3 heteroatoms. The first-order valence-corrected chi connectivity index (χ1v) is 6.70. The van der Waals surface area contributed by atoms with E-state index in [0.29, 0.717) is 0 Å². The lowest BCUT2D eigenvalue weighted by Gasteiger charge is -2.32. The summed E-state index contributed by atoms with van der Waals surface area (Å²) in [6.45, 7) is 8.74. The molecule has 18 heavy (non-hydrogen) atoms. The molecule has 0 bridgehead atoms. The number of anilines is 1. The van der Waals surface area contributed by atoms with Gasteiger partial charge in [0, 0.05) is 37.4 Å². The van der Waals surface area contributed by atoms with E-state index in [9.17, 15) is 0 Å². The first-order chi connectivity index (χ1) is 8.48. The van der Waals surface area contributed by atoms with E-state index in [1.54, 1.807) is 0 Å². The molecule has 1 heterocycles. The van der Waals surface area contributed by atoms with Crippen LogP contribution in [-0.4, -0.2) is 44.2 Å². The van der Waals surface area contributed by atoms with Crippen LogP contribution >= 0.6 is 0 Å². The average molecular weight is 247 g/mol. The number of hydrogen-bond donors (Lipinski definition) is 1. The summed E-state index contributed by atoms with van der Waals surface area (Å²) in [6.07, 6.45) is 0. The quantitative estimate of drug-likeness (QED) is 0.880. The van der Waals surface area contributed by atoms with E-state index in [1.807, 2.05) is 0 Å². The van der Waals surface area contributed by atoms with Crippen LogP contribution in [0.3, 0.4) is 0 Å². The third kappa shape index (κ3) is 3.24. The highest BCUT2D eigenvalue weighted by molar-refractivity contribution is 5.55. The first kappa shape index (κ1) is 13.4. The van der Waals surface area contributed by atoms with Gasteiger partial charge in [0.05, 0.1) is 0 Å². The van der Waals surface area contributed by atoms with Crippen molar-refractivity contribution in [3.63, 3.8) is 0 Å². The van der Waals surface area contributed by atoms with Crippen molar-refractivity contribution in [2.24, 2.45) is 0 Å². The van der Waals surface area contributed by atoms with Gasteiger partial charge in [-0.1, -0.05) is 18.2 Å². The van der Waals surface area contributed by atoms with E-state index >= 15 is 0 Å². The molecule has 0 radical (unpaired) electrons.